The predicted molar refractivity (Wildman–Crippen MR) is 106 cm³/mol. The third-order valence-electron chi connectivity index (χ3n) is 4.49. The molecule has 136 valence electrons. The van der Waals surface area contributed by atoms with Crippen molar-refractivity contribution in [1.29, 1.82) is 0 Å². The Morgan fingerprint density at radius 1 is 0.926 bits per heavy atom. The molecule has 1 heterocycles. The molecule has 0 saturated heterocycles. The van der Waals surface area contributed by atoms with Gasteiger partial charge in [0.2, 0.25) is 0 Å². The summed E-state index contributed by atoms with van der Waals surface area (Å²) >= 11 is 0. The number of Topliss-reactive ketones (excluding diaryl/α,β-unsaturated/α-hetero) is 1. The zero-order valence-corrected chi connectivity index (χ0v) is 15.3. The van der Waals surface area contributed by atoms with Crippen LogP contribution in [0.15, 0.2) is 79.0 Å². The number of aryl methyl sites for hydroxylation is 1. The van der Waals surface area contributed by atoms with E-state index in [1.807, 2.05) is 67.6 Å². The molecule has 0 spiro atoms. The monoisotopic (exact) mass is 358 g/mol. The number of hydrogen-bond donors (Lipinski definition) is 1. The van der Waals surface area contributed by atoms with Crippen molar-refractivity contribution < 1.29 is 9.59 Å². The number of aromatic nitrogens is 1. The van der Waals surface area contributed by atoms with Crippen LogP contribution in [0.4, 0.5) is 0 Å². The Hall–Kier alpha value is -3.27. The number of nitrogens with one attached hydrogen (secondary N) is 1. The molecule has 2 aromatic carbocycles. The minimum Gasteiger partial charge on any atom is -0.342 e. The number of rotatable bonds is 7. The summed E-state index contributed by atoms with van der Waals surface area (Å²) in [5.74, 6) is -0.271. The number of amides is 1. The molecule has 0 aliphatic carbocycles. The van der Waals surface area contributed by atoms with Crippen molar-refractivity contribution in [2.75, 3.05) is 0 Å². The largest absolute Gasteiger partial charge is 0.342 e. The smallest absolute Gasteiger partial charge is 0.251 e. The van der Waals surface area contributed by atoms with Gasteiger partial charge in [0.1, 0.15) is 0 Å². The second kappa shape index (κ2) is 8.90. The van der Waals surface area contributed by atoms with Crippen molar-refractivity contribution in [2.45, 2.75) is 25.8 Å². The molecule has 0 fully saturated rings. The Balaban J connectivity index is 1.79. The second-order valence-corrected chi connectivity index (χ2v) is 6.47. The molecule has 1 amide bonds. The van der Waals surface area contributed by atoms with Crippen molar-refractivity contribution in [3.8, 4) is 0 Å². The summed E-state index contributed by atoms with van der Waals surface area (Å²) in [4.78, 5) is 29.8. The molecular weight excluding hydrogens is 336 g/mol. The van der Waals surface area contributed by atoms with Crippen LogP contribution in [0.2, 0.25) is 0 Å². The number of benzene rings is 2. The molecule has 27 heavy (non-hydrogen) atoms. The first-order valence-electron chi connectivity index (χ1n) is 8.96. The van der Waals surface area contributed by atoms with Crippen LogP contribution in [0.3, 0.4) is 0 Å². The van der Waals surface area contributed by atoms with Crippen LogP contribution in [-0.4, -0.2) is 22.7 Å². The fourth-order valence-corrected chi connectivity index (χ4v) is 2.94. The minimum absolute atomic E-state index is 0.0285. The predicted octanol–water partition coefficient (Wildman–Crippen LogP) is 3.54. The molecule has 1 unspecified atom stereocenters. The molecule has 4 nitrogen and oxygen atoms in total. The van der Waals surface area contributed by atoms with E-state index in [1.54, 1.807) is 18.3 Å². The molecule has 3 rings (SSSR count). The van der Waals surface area contributed by atoms with Crippen molar-refractivity contribution in [2.24, 2.45) is 0 Å². The van der Waals surface area contributed by atoms with E-state index in [0.717, 1.165) is 16.8 Å². The number of hydrogen-bond acceptors (Lipinski definition) is 3. The van der Waals surface area contributed by atoms with Gasteiger partial charge in [-0.15, -0.1) is 0 Å². The van der Waals surface area contributed by atoms with Gasteiger partial charge in [-0.25, -0.2) is 0 Å². The van der Waals surface area contributed by atoms with Crippen LogP contribution in [0.1, 0.15) is 27.2 Å². The Morgan fingerprint density at radius 3 is 2.26 bits per heavy atom. The van der Waals surface area contributed by atoms with E-state index < -0.39 is 6.04 Å². The van der Waals surface area contributed by atoms with E-state index in [9.17, 15) is 9.59 Å². The summed E-state index contributed by atoms with van der Waals surface area (Å²) in [5.41, 5.74) is 3.27. The van der Waals surface area contributed by atoms with Crippen LogP contribution in [0.25, 0.3) is 0 Å². The summed E-state index contributed by atoms with van der Waals surface area (Å²) in [6.45, 7) is 1.89. The number of pyridine rings is 1. The Labute approximate surface area is 159 Å². The average molecular weight is 358 g/mol. The van der Waals surface area contributed by atoms with E-state index >= 15 is 0 Å². The highest BCUT2D eigenvalue weighted by atomic mass is 16.2. The molecule has 0 aliphatic heterocycles. The highest BCUT2D eigenvalue weighted by Gasteiger charge is 2.22. The lowest BCUT2D eigenvalue weighted by Gasteiger charge is -2.18. The molecule has 3 aromatic rings. The maximum atomic E-state index is 13.0. The Bertz CT molecular complexity index is 908. The first-order valence-corrected chi connectivity index (χ1v) is 8.96. The Kier molecular flexibility index (Phi) is 6.10. The van der Waals surface area contributed by atoms with E-state index in [0.29, 0.717) is 12.0 Å². The molecule has 0 aliphatic rings. The quantitative estimate of drug-likeness (QED) is 0.703. The SMILES string of the molecule is Cc1ncccc1CC(=O)C(Cc1ccccc1)NC(=O)c1ccccc1. The van der Waals surface area contributed by atoms with Crippen molar-refractivity contribution in [3.05, 3.63) is 101 Å². The van der Waals surface area contributed by atoms with Crippen LogP contribution >= 0.6 is 0 Å². The van der Waals surface area contributed by atoms with Crippen molar-refractivity contribution >= 4 is 11.7 Å². The van der Waals surface area contributed by atoms with E-state index in [2.05, 4.69) is 10.3 Å². The summed E-state index contributed by atoms with van der Waals surface area (Å²) in [5, 5.41) is 2.91. The maximum absolute atomic E-state index is 13.0. The summed E-state index contributed by atoms with van der Waals surface area (Å²) in [6.07, 6.45) is 2.41. The van der Waals surface area contributed by atoms with Gasteiger partial charge in [0, 0.05) is 23.9 Å². The molecule has 0 bridgehead atoms. The topological polar surface area (TPSA) is 59.1 Å². The molecule has 1 N–H and O–H groups in total. The molecule has 0 radical (unpaired) electrons. The highest BCUT2D eigenvalue weighted by Crippen LogP contribution is 2.11. The van der Waals surface area contributed by atoms with Gasteiger partial charge >= 0.3 is 0 Å². The zero-order valence-electron chi connectivity index (χ0n) is 15.3. The summed E-state index contributed by atoms with van der Waals surface area (Å²) < 4.78 is 0. The van der Waals surface area contributed by atoms with Crippen LogP contribution in [0, 0.1) is 6.92 Å². The number of carbonyl (C=O) groups is 2. The maximum Gasteiger partial charge on any atom is 0.251 e. The first kappa shape index (κ1) is 18.5. The van der Waals surface area contributed by atoms with Gasteiger partial charge in [-0.1, -0.05) is 54.6 Å². The van der Waals surface area contributed by atoms with Gasteiger partial charge in [0.15, 0.2) is 5.78 Å². The summed E-state index contributed by atoms with van der Waals surface area (Å²) in [7, 11) is 0. The third kappa shape index (κ3) is 5.11. The minimum atomic E-state index is -0.597. The standard InChI is InChI=1S/C23H22N2O2/c1-17-20(13-8-14-24-17)16-22(26)21(15-18-9-4-2-5-10-18)25-23(27)19-11-6-3-7-12-19/h2-14,21H,15-16H2,1H3,(H,25,27). The molecule has 1 atom stereocenters. The second-order valence-electron chi connectivity index (χ2n) is 6.47. The van der Waals surface area contributed by atoms with Crippen LogP contribution in [-0.2, 0) is 17.6 Å². The van der Waals surface area contributed by atoms with Gasteiger partial charge in [-0.3, -0.25) is 14.6 Å². The van der Waals surface area contributed by atoms with Gasteiger partial charge in [0.25, 0.3) is 5.91 Å². The van der Waals surface area contributed by atoms with Crippen LogP contribution in [0.5, 0.6) is 0 Å². The third-order valence-corrected chi connectivity index (χ3v) is 4.49. The molecule has 0 saturated carbocycles. The number of carbonyl (C=O) groups excluding carboxylic acids is 2. The number of nitrogens with zero attached hydrogens (tertiary/aromatic N) is 1. The fourth-order valence-electron chi connectivity index (χ4n) is 2.94. The van der Waals surface area contributed by atoms with E-state index in [1.165, 1.54) is 0 Å². The average Bonchev–Trinajstić information content (AvgIpc) is 2.70. The zero-order chi connectivity index (χ0) is 19.1. The van der Waals surface area contributed by atoms with Gasteiger partial charge in [-0.2, -0.15) is 0 Å². The van der Waals surface area contributed by atoms with Crippen molar-refractivity contribution in [3.63, 3.8) is 0 Å². The Morgan fingerprint density at radius 2 is 1.59 bits per heavy atom. The van der Waals surface area contributed by atoms with Gasteiger partial charge in [-0.05, 0) is 42.7 Å². The van der Waals surface area contributed by atoms with Crippen LogP contribution < -0.4 is 5.32 Å². The lowest BCUT2D eigenvalue weighted by Crippen LogP contribution is -2.43. The normalized spacial score (nSPS) is 11.6. The molecule has 4 heteroatoms. The molecule has 1 aromatic heterocycles. The first-order chi connectivity index (χ1) is 13.1. The fraction of sp³-hybridized carbons (Fsp3) is 0.174. The highest BCUT2D eigenvalue weighted by molar-refractivity contribution is 5.98. The van der Waals surface area contributed by atoms with E-state index in [4.69, 9.17) is 0 Å². The van der Waals surface area contributed by atoms with Gasteiger partial charge in [0.05, 0.1) is 6.04 Å². The van der Waals surface area contributed by atoms with Gasteiger partial charge < -0.3 is 5.32 Å². The van der Waals surface area contributed by atoms with E-state index in [-0.39, 0.29) is 18.1 Å². The lowest BCUT2D eigenvalue weighted by molar-refractivity contribution is -0.120. The number of ketones is 1. The summed E-state index contributed by atoms with van der Waals surface area (Å²) in [6, 6.07) is 21.8. The van der Waals surface area contributed by atoms with Crippen molar-refractivity contribution in [1.82, 2.24) is 10.3 Å². The lowest BCUT2D eigenvalue weighted by atomic mass is 9.97. The molecular formula is C23H22N2O2.